The Hall–Kier alpha value is -1.87. The highest BCUT2D eigenvalue weighted by atomic mass is 32.1. The SMILES string of the molecule is Cc1ccc(-n2c(=S)[nH]c3ccc(C)cc32)c(C)c1. The van der Waals surface area contributed by atoms with Gasteiger partial charge in [-0.1, -0.05) is 23.8 Å². The highest BCUT2D eigenvalue weighted by Gasteiger charge is 2.08. The molecule has 2 aromatic carbocycles. The predicted octanol–water partition coefficient (Wildman–Crippen LogP) is 4.61. The van der Waals surface area contributed by atoms with Crippen molar-refractivity contribution in [3.05, 3.63) is 57.9 Å². The minimum atomic E-state index is 0.743. The van der Waals surface area contributed by atoms with Crippen LogP contribution in [0, 0.1) is 25.5 Å². The molecular formula is C16H16N2S. The molecule has 0 aliphatic rings. The average Bonchev–Trinajstić information content (AvgIpc) is 2.65. The molecule has 0 radical (unpaired) electrons. The summed E-state index contributed by atoms with van der Waals surface area (Å²) in [7, 11) is 0. The molecule has 0 aliphatic carbocycles. The summed E-state index contributed by atoms with van der Waals surface area (Å²) in [5.41, 5.74) is 7.10. The number of H-pyrrole nitrogens is 1. The Morgan fingerprint density at radius 2 is 1.63 bits per heavy atom. The van der Waals surface area contributed by atoms with Crippen molar-refractivity contribution < 1.29 is 0 Å². The summed E-state index contributed by atoms with van der Waals surface area (Å²) in [6.07, 6.45) is 0. The summed E-state index contributed by atoms with van der Waals surface area (Å²) in [6.45, 7) is 6.33. The van der Waals surface area contributed by atoms with Crippen molar-refractivity contribution in [3.8, 4) is 5.69 Å². The van der Waals surface area contributed by atoms with Crippen molar-refractivity contribution in [2.24, 2.45) is 0 Å². The first-order valence-corrected chi connectivity index (χ1v) is 6.76. The molecule has 1 N–H and O–H groups in total. The van der Waals surface area contributed by atoms with Crippen molar-refractivity contribution in [1.82, 2.24) is 9.55 Å². The Morgan fingerprint density at radius 1 is 0.947 bits per heavy atom. The molecule has 0 bridgehead atoms. The first-order valence-electron chi connectivity index (χ1n) is 6.35. The zero-order chi connectivity index (χ0) is 13.6. The molecule has 0 unspecified atom stereocenters. The lowest BCUT2D eigenvalue weighted by Crippen LogP contribution is -1.97. The van der Waals surface area contributed by atoms with Gasteiger partial charge >= 0.3 is 0 Å². The second-order valence-electron chi connectivity index (χ2n) is 5.08. The highest BCUT2D eigenvalue weighted by molar-refractivity contribution is 7.71. The molecule has 3 heteroatoms. The number of benzene rings is 2. The molecule has 0 fully saturated rings. The normalized spacial score (nSPS) is 11.1. The van der Waals surface area contributed by atoms with Crippen LogP contribution in [-0.4, -0.2) is 9.55 Å². The Bertz CT molecular complexity index is 824. The molecule has 0 atom stereocenters. The minimum absolute atomic E-state index is 0.743. The third-order valence-corrected chi connectivity index (χ3v) is 3.72. The first-order chi connectivity index (χ1) is 9.06. The Balaban J connectivity index is 2.38. The maximum atomic E-state index is 5.48. The number of fused-ring (bicyclic) bond motifs is 1. The molecule has 0 aliphatic heterocycles. The molecule has 1 heterocycles. The molecule has 2 nitrogen and oxygen atoms in total. The van der Waals surface area contributed by atoms with E-state index in [1.807, 2.05) is 0 Å². The number of aromatic amines is 1. The van der Waals surface area contributed by atoms with E-state index >= 15 is 0 Å². The van der Waals surface area contributed by atoms with Gasteiger partial charge in [-0.3, -0.25) is 4.57 Å². The quantitative estimate of drug-likeness (QED) is 0.639. The lowest BCUT2D eigenvalue weighted by atomic mass is 10.1. The van der Waals surface area contributed by atoms with Gasteiger partial charge in [0.25, 0.3) is 0 Å². The van der Waals surface area contributed by atoms with E-state index in [1.165, 1.54) is 16.7 Å². The van der Waals surface area contributed by atoms with Crippen LogP contribution in [0.15, 0.2) is 36.4 Å². The summed E-state index contributed by atoms with van der Waals surface area (Å²) in [5.74, 6) is 0. The summed E-state index contributed by atoms with van der Waals surface area (Å²) >= 11 is 5.48. The summed E-state index contributed by atoms with van der Waals surface area (Å²) in [4.78, 5) is 3.27. The maximum Gasteiger partial charge on any atom is 0.182 e. The van der Waals surface area contributed by atoms with Gasteiger partial charge in [-0.25, -0.2) is 0 Å². The van der Waals surface area contributed by atoms with Crippen LogP contribution in [0.25, 0.3) is 16.7 Å². The van der Waals surface area contributed by atoms with Crippen molar-refractivity contribution in [2.75, 3.05) is 0 Å². The number of nitrogens with zero attached hydrogens (tertiary/aromatic N) is 1. The van der Waals surface area contributed by atoms with Gasteiger partial charge in [0, 0.05) is 0 Å². The number of rotatable bonds is 1. The molecule has 19 heavy (non-hydrogen) atoms. The largest absolute Gasteiger partial charge is 0.330 e. The third kappa shape index (κ3) is 2.00. The number of hydrogen-bond acceptors (Lipinski definition) is 1. The van der Waals surface area contributed by atoms with Gasteiger partial charge in [0.15, 0.2) is 4.77 Å². The molecule has 3 aromatic rings. The molecule has 0 spiro atoms. The van der Waals surface area contributed by atoms with Gasteiger partial charge < -0.3 is 4.98 Å². The van der Waals surface area contributed by atoms with Crippen molar-refractivity contribution in [1.29, 1.82) is 0 Å². The van der Waals surface area contributed by atoms with Crippen LogP contribution < -0.4 is 0 Å². The lowest BCUT2D eigenvalue weighted by molar-refractivity contribution is 1.04. The van der Waals surface area contributed by atoms with Crippen LogP contribution in [0.5, 0.6) is 0 Å². The van der Waals surface area contributed by atoms with Crippen LogP contribution in [0.1, 0.15) is 16.7 Å². The van der Waals surface area contributed by atoms with Gasteiger partial charge in [-0.05, 0) is 62.3 Å². The Labute approximate surface area is 117 Å². The molecular weight excluding hydrogens is 252 g/mol. The van der Waals surface area contributed by atoms with E-state index < -0.39 is 0 Å². The van der Waals surface area contributed by atoms with E-state index in [4.69, 9.17) is 12.2 Å². The Morgan fingerprint density at radius 3 is 2.37 bits per heavy atom. The van der Waals surface area contributed by atoms with E-state index in [2.05, 4.69) is 66.7 Å². The zero-order valence-corrected chi connectivity index (χ0v) is 12.1. The van der Waals surface area contributed by atoms with E-state index in [1.54, 1.807) is 0 Å². The summed E-state index contributed by atoms with van der Waals surface area (Å²) in [5, 5.41) is 0. The second kappa shape index (κ2) is 4.35. The van der Waals surface area contributed by atoms with Gasteiger partial charge in [-0.2, -0.15) is 0 Å². The van der Waals surface area contributed by atoms with Crippen LogP contribution in [0.2, 0.25) is 0 Å². The standard InChI is InChI=1S/C16H16N2S/c1-10-5-7-14(12(3)8-10)18-15-9-11(2)4-6-13(15)17-16(18)19/h4-9H,1-3H3,(H,17,19). The fourth-order valence-corrected chi connectivity index (χ4v) is 2.81. The topological polar surface area (TPSA) is 20.7 Å². The minimum Gasteiger partial charge on any atom is -0.330 e. The maximum absolute atomic E-state index is 5.48. The number of hydrogen-bond donors (Lipinski definition) is 1. The molecule has 3 rings (SSSR count). The number of aromatic nitrogens is 2. The summed E-state index contributed by atoms with van der Waals surface area (Å²) in [6, 6.07) is 12.8. The van der Waals surface area contributed by atoms with Crippen LogP contribution >= 0.6 is 12.2 Å². The fraction of sp³-hybridized carbons (Fsp3) is 0.188. The van der Waals surface area contributed by atoms with Gasteiger partial charge in [0.1, 0.15) is 0 Å². The molecule has 0 amide bonds. The molecule has 96 valence electrons. The second-order valence-corrected chi connectivity index (χ2v) is 5.46. The van der Waals surface area contributed by atoms with Gasteiger partial charge in [0.2, 0.25) is 0 Å². The van der Waals surface area contributed by atoms with Crippen molar-refractivity contribution >= 4 is 23.3 Å². The fourth-order valence-electron chi connectivity index (χ4n) is 2.51. The average molecular weight is 268 g/mol. The third-order valence-electron chi connectivity index (χ3n) is 3.43. The van der Waals surface area contributed by atoms with Crippen LogP contribution in [0.3, 0.4) is 0 Å². The summed E-state index contributed by atoms with van der Waals surface area (Å²) < 4.78 is 2.86. The van der Waals surface area contributed by atoms with Crippen molar-refractivity contribution in [2.45, 2.75) is 20.8 Å². The van der Waals surface area contributed by atoms with Gasteiger partial charge in [-0.15, -0.1) is 0 Å². The van der Waals surface area contributed by atoms with Gasteiger partial charge in [0.05, 0.1) is 16.7 Å². The number of nitrogens with one attached hydrogen (secondary N) is 1. The lowest BCUT2D eigenvalue weighted by Gasteiger charge is -2.09. The zero-order valence-electron chi connectivity index (χ0n) is 11.3. The van der Waals surface area contributed by atoms with Crippen LogP contribution in [-0.2, 0) is 0 Å². The molecule has 0 saturated heterocycles. The smallest absolute Gasteiger partial charge is 0.182 e. The molecule has 1 aromatic heterocycles. The van der Waals surface area contributed by atoms with Crippen LogP contribution in [0.4, 0.5) is 0 Å². The van der Waals surface area contributed by atoms with E-state index in [-0.39, 0.29) is 0 Å². The predicted molar refractivity (Wildman–Crippen MR) is 82.7 cm³/mol. The number of aryl methyl sites for hydroxylation is 3. The monoisotopic (exact) mass is 268 g/mol. The first kappa shape index (κ1) is 12.2. The number of imidazole rings is 1. The van der Waals surface area contributed by atoms with E-state index in [9.17, 15) is 0 Å². The molecule has 0 saturated carbocycles. The van der Waals surface area contributed by atoms with E-state index in [0.29, 0.717) is 0 Å². The Kier molecular flexibility index (Phi) is 2.79. The van der Waals surface area contributed by atoms with E-state index in [0.717, 1.165) is 21.5 Å². The highest BCUT2D eigenvalue weighted by Crippen LogP contribution is 2.23. The van der Waals surface area contributed by atoms with Crippen molar-refractivity contribution in [3.63, 3.8) is 0 Å².